The molecule has 4 aromatic rings. The van der Waals surface area contributed by atoms with Gasteiger partial charge < -0.3 is 10.0 Å². The predicted molar refractivity (Wildman–Crippen MR) is 126 cm³/mol. The Morgan fingerprint density at radius 2 is 1.56 bits per heavy atom. The van der Waals surface area contributed by atoms with E-state index in [0.29, 0.717) is 23.4 Å². The molecule has 0 spiro atoms. The molecule has 0 bridgehead atoms. The smallest absolute Gasteiger partial charge is 0.264 e. The molecule has 0 saturated carbocycles. The molecule has 1 aliphatic rings. The van der Waals surface area contributed by atoms with Gasteiger partial charge in [-0.2, -0.15) is 0 Å². The average Bonchev–Trinajstić information content (AvgIpc) is 3.02. The molecule has 1 heterocycles. The Hall–Kier alpha value is -3.76. The first-order valence-electron chi connectivity index (χ1n) is 10.7. The van der Waals surface area contributed by atoms with Crippen LogP contribution in [-0.4, -0.2) is 16.8 Å². The van der Waals surface area contributed by atoms with Crippen LogP contribution in [0.15, 0.2) is 91.0 Å². The second-order valence-corrected chi connectivity index (χ2v) is 8.32. The monoisotopic (exact) mass is 421 g/mol. The number of para-hydroxylation sites is 1. The molecule has 0 aliphatic carbocycles. The Morgan fingerprint density at radius 1 is 0.875 bits per heavy atom. The molecular weight excluding hydrogens is 398 g/mol. The molecule has 1 atom stereocenters. The minimum atomic E-state index is -1.90. The number of hydrogen-bond donors (Lipinski definition) is 1. The Morgan fingerprint density at radius 3 is 2.41 bits per heavy atom. The lowest BCUT2D eigenvalue weighted by Gasteiger charge is -2.23. The second kappa shape index (κ2) is 7.74. The number of ketones is 1. The molecule has 0 fully saturated rings. The summed E-state index contributed by atoms with van der Waals surface area (Å²) in [6, 6.07) is 28.2. The number of benzene rings is 4. The maximum atomic E-state index is 13.6. The highest BCUT2D eigenvalue weighted by Crippen LogP contribution is 2.44. The largest absolute Gasteiger partial charge is 0.375 e. The minimum absolute atomic E-state index is 0.259. The number of aryl methyl sites for hydroxylation is 1. The van der Waals surface area contributed by atoms with E-state index in [1.54, 1.807) is 23.1 Å². The molecule has 1 aliphatic heterocycles. The van der Waals surface area contributed by atoms with Crippen molar-refractivity contribution in [2.45, 2.75) is 25.5 Å². The van der Waals surface area contributed by atoms with Gasteiger partial charge in [0, 0.05) is 11.1 Å². The number of carbonyl (C=O) groups is 2. The van der Waals surface area contributed by atoms with Gasteiger partial charge >= 0.3 is 0 Å². The zero-order valence-corrected chi connectivity index (χ0v) is 17.8. The van der Waals surface area contributed by atoms with Gasteiger partial charge in [0.05, 0.1) is 18.7 Å². The quantitative estimate of drug-likeness (QED) is 0.453. The summed E-state index contributed by atoms with van der Waals surface area (Å²) in [5.74, 6) is -0.722. The minimum Gasteiger partial charge on any atom is -0.375 e. The molecule has 0 aromatic heterocycles. The Kier molecular flexibility index (Phi) is 4.87. The van der Waals surface area contributed by atoms with Crippen LogP contribution in [0.3, 0.4) is 0 Å². The van der Waals surface area contributed by atoms with Crippen LogP contribution < -0.4 is 4.90 Å². The third-order valence-corrected chi connectivity index (χ3v) is 6.34. The summed E-state index contributed by atoms with van der Waals surface area (Å²) < 4.78 is 0. The van der Waals surface area contributed by atoms with Crippen molar-refractivity contribution >= 4 is 28.2 Å². The van der Waals surface area contributed by atoms with Gasteiger partial charge in [-0.1, -0.05) is 84.9 Å². The van der Waals surface area contributed by atoms with E-state index in [2.05, 4.69) is 0 Å². The van der Waals surface area contributed by atoms with Crippen LogP contribution in [-0.2, 0) is 16.9 Å². The highest BCUT2D eigenvalue weighted by Gasteiger charge is 2.50. The van der Waals surface area contributed by atoms with Crippen molar-refractivity contribution in [2.75, 3.05) is 4.90 Å². The van der Waals surface area contributed by atoms with Crippen LogP contribution in [0.1, 0.15) is 33.5 Å². The Balaban J connectivity index is 1.53. The van der Waals surface area contributed by atoms with Crippen molar-refractivity contribution < 1.29 is 14.7 Å². The van der Waals surface area contributed by atoms with E-state index in [0.717, 1.165) is 21.9 Å². The fraction of sp³-hybridized carbons (Fsp3) is 0.143. The summed E-state index contributed by atoms with van der Waals surface area (Å²) in [5.41, 5.74) is 1.81. The summed E-state index contributed by atoms with van der Waals surface area (Å²) in [4.78, 5) is 28.5. The molecule has 1 amide bonds. The first kappa shape index (κ1) is 20.2. The van der Waals surface area contributed by atoms with E-state index in [9.17, 15) is 14.7 Å². The topological polar surface area (TPSA) is 57.6 Å². The predicted octanol–water partition coefficient (Wildman–Crippen LogP) is 5.16. The zero-order valence-electron chi connectivity index (χ0n) is 17.8. The number of rotatable bonds is 5. The Labute approximate surface area is 186 Å². The van der Waals surface area contributed by atoms with Gasteiger partial charge in [0.25, 0.3) is 5.91 Å². The lowest BCUT2D eigenvalue weighted by Crippen LogP contribution is -2.41. The van der Waals surface area contributed by atoms with Crippen molar-refractivity contribution in [3.63, 3.8) is 0 Å². The fourth-order valence-electron chi connectivity index (χ4n) is 4.59. The van der Waals surface area contributed by atoms with E-state index in [1.165, 1.54) is 0 Å². The number of nitrogens with zero attached hydrogens (tertiary/aromatic N) is 1. The number of Topliss-reactive ketones (excluding diaryl/α,β-unsaturated/α-hetero) is 1. The maximum Gasteiger partial charge on any atom is 0.264 e. The summed E-state index contributed by atoms with van der Waals surface area (Å²) >= 11 is 0. The fourth-order valence-corrected chi connectivity index (χ4v) is 4.59. The summed E-state index contributed by atoms with van der Waals surface area (Å²) in [5, 5.41) is 13.4. The van der Waals surface area contributed by atoms with Crippen molar-refractivity contribution in [3.8, 4) is 0 Å². The summed E-state index contributed by atoms with van der Waals surface area (Å²) in [6.45, 7) is 2.34. The van der Waals surface area contributed by atoms with Crippen molar-refractivity contribution in [2.24, 2.45) is 0 Å². The van der Waals surface area contributed by atoms with Gasteiger partial charge in [-0.3, -0.25) is 9.59 Å². The number of anilines is 1. The van der Waals surface area contributed by atoms with Crippen LogP contribution >= 0.6 is 0 Å². The lowest BCUT2D eigenvalue weighted by molar-refractivity contribution is -0.136. The van der Waals surface area contributed by atoms with E-state index < -0.39 is 11.5 Å². The van der Waals surface area contributed by atoms with Gasteiger partial charge in [-0.25, -0.2) is 0 Å². The number of aliphatic hydroxyl groups is 1. The van der Waals surface area contributed by atoms with Gasteiger partial charge in [0.2, 0.25) is 0 Å². The van der Waals surface area contributed by atoms with Gasteiger partial charge in [-0.15, -0.1) is 0 Å². The molecule has 4 heteroatoms. The summed E-state index contributed by atoms with van der Waals surface area (Å²) in [6.07, 6.45) is -0.304. The van der Waals surface area contributed by atoms with E-state index >= 15 is 0 Å². The normalized spacial score (nSPS) is 17.6. The number of hydrogen-bond acceptors (Lipinski definition) is 3. The molecule has 0 unspecified atom stereocenters. The number of fused-ring (bicyclic) bond motifs is 2. The third-order valence-electron chi connectivity index (χ3n) is 6.34. The van der Waals surface area contributed by atoms with Crippen molar-refractivity contribution in [1.29, 1.82) is 0 Å². The molecule has 4 nitrogen and oxygen atoms in total. The van der Waals surface area contributed by atoms with Crippen LogP contribution in [0.5, 0.6) is 0 Å². The Bertz CT molecular complexity index is 1350. The van der Waals surface area contributed by atoms with Gasteiger partial charge in [-0.05, 0) is 34.9 Å². The molecular formula is C28H23NO3. The van der Waals surface area contributed by atoms with E-state index in [1.807, 2.05) is 79.7 Å². The van der Waals surface area contributed by atoms with Gasteiger partial charge in [0.1, 0.15) is 0 Å². The van der Waals surface area contributed by atoms with Crippen LogP contribution in [0, 0.1) is 6.92 Å². The van der Waals surface area contributed by atoms with Crippen LogP contribution in [0.4, 0.5) is 5.69 Å². The van der Waals surface area contributed by atoms with Crippen molar-refractivity contribution in [3.05, 3.63) is 113 Å². The highest BCUT2D eigenvalue weighted by molar-refractivity contribution is 6.13. The SMILES string of the molecule is Cc1ccccc1CN1C(=O)[C@@](O)(CC(=O)c2cccc3ccccc23)c2ccccc21. The highest BCUT2D eigenvalue weighted by atomic mass is 16.3. The lowest BCUT2D eigenvalue weighted by atomic mass is 9.87. The number of carbonyl (C=O) groups excluding carboxylic acids is 2. The first-order valence-corrected chi connectivity index (χ1v) is 10.7. The van der Waals surface area contributed by atoms with Gasteiger partial charge in [0.15, 0.2) is 11.4 Å². The summed E-state index contributed by atoms with van der Waals surface area (Å²) in [7, 11) is 0. The zero-order chi connectivity index (χ0) is 22.3. The standard InChI is InChI=1S/C28H23NO3/c1-19-9-2-3-11-21(19)18-29-25-16-7-6-15-24(25)28(32,27(29)31)17-26(30)23-14-8-12-20-10-4-5-13-22(20)23/h2-16,32H,17-18H2,1H3/t28-/m1/s1. The molecule has 158 valence electrons. The molecule has 32 heavy (non-hydrogen) atoms. The van der Waals surface area contributed by atoms with E-state index in [-0.39, 0.29) is 12.2 Å². The van der Waals surface area contributed by atoms with Crippen LogP contribution in [0.2, 0.25) is 0 Å². The van der Waals surface area contributed by atoms with E-state index in [4.69, 9.17) is 0 Å². The maximum absolute atomic E-state index is 13.6. The van der Waals surface area contributed by atoms with Crippen LogP contribution in [0.25, 0.3) is 10.8 Å². The number of amides is 1. The van der Waals surface area contributed by atoms with Crippen molar-refractivity contribution in [1.82, 2.24) is 0 Å². The average molecular weight is 421 g/mol. The second-order valence-electron chi connectivity index (χ2n) is 8.32. The molecule has 1 N–H and O–H groups in total. The molecule has 5 rings (SSSR count). The molecule has 0 saturated heterocycles. The first-order chi connectivity index (χ1) is 15.5. The molecule has 0 radical (unpaired) electrons. The molecule has 4 aromatic carbocycles. The third kappa shape index (κ3) is 3.20.